The summed E-state index contributed by atoms with van der Waals surface area (Å²) in [6.07, 6.45) is 2.89. The second-order valence-corrected chi connectivity index (χ2v) is 4.79. The first kappa shape index (κ1) is 14.8. The standard InChI is InChI=1S/C18H16N2O3/c1-2-22-17(21)11-12-19-14-9-7-13(8-10-14)18-20-15-5-3-4-6-16(15)23-18/h3-12,19H,2H2,1H3/b12-11+. The number of para-hydroxylation sites is 2. The molecule has 0 amide bonds. The van der Waals surface area contributed by atoms with Gasteiger partial charge in [-0.2, -0.15) is 0 Å². The molecular formula is C18H16N2O3. The van der Waals surface area contributed by atoms with Crippen LogP contribution in [0.3, 0.4) is 0 Å². The maximum atomic E-state index is 11.2. The van der Waals surface area contributed by atoms with Gasteiger partial charge in [-0.25, -0.2) is 9.78 Å². The average molecular weight is 308 g/mol. The van der Waals surface area contributed by atoms with Gasteiger partial charge in [0.1, 0.15) is 5.52 Å². The van der Waals surface area contributed by atoms with Crippen LogP contribution in [0.25, 0.3) is 22.6 Å². The first-order chi connectivity index (χ1) is 11.3. The number of nitrogens with one attached hydrogen (secondary N) is 1. The van der Waals surface area contributed by atoms with Crippen molar-refractivity contribution in [3.05, 3.63) is 60.8 Å². The van der Waals surface area contributed by atoms with E-state index in [1.807, 2.05) is 48.5 Å². The second kappa shape index (κ2) is 6.79. The van der Waals surface area contributed by atoms with E-state index in [4.69, 9.17) is 9.15 Å². The molecule has 1 heterocycles. The highest BCUT2D eigenvalue weighted by Crippen LogP contribution is 2.25. The molecule has 1 N–H and O–H groups in total. The van der Waals surface area contributed by atoms with Crippen molar-refractivity contribution < 1.29 is 13.9 Å². The number of benzene rings is 2. The molecule has 0 fully saturated rings. The minimum atomic E-state index is -0.372. The summed E-state index contributed by atoms with van der Waals surface area (Å²) in [5, 5.41) is 3.01. The summed E-state index contributed by atoms with van der Waals surface area (Å²) in [5.41, 5.74) is 3.34. The molecule has 116 valence electrons. The molecule has 3 rings (SSSR count). The molecule has 5 nitrogen and oxygen atoms in total. The van der Waals surface area contributed by atoms with Crippen molar-refractivity contribution in [3.8, 4) is 11.5 Å². The summed E-state index contributed by atoms with van der Waals surface area (Å²) in [6, 6.07) is 15.2. The smallest absolute Gasteiger partial charge is 0.332 e. The normalized spacial score (nSPS) is 11.0. The zero-order valence-electron chi connectivity index (χ0n) is 12.7. The van der Waals surface area contributed by atoms with Gasteiger partial charge < -0.3 is 14.5 Å². The van der Waals surface area contributed by atoms with Crippen LogP contribution < -0.4 is 5.32 Å². The van der Waals surface area contributed by atoms with Crippen molar-refractivity contribution in [1.82, 2.24) is 4.98 Å². The van der Waals surface area contributed by atoms with Crippen molar-refractivity contribution in [1.29, 1.82) is 0 Å². The summed E-state index contributed by atoms with van der Waals surface area (Å²) in [4.78, 5) is 15.6. The van der Waals surface area contributed by atoms with Gasteiger partial charge in [0.15, 0.2) is 5.58 Å². The van der Waals surface area contributed by atoms with Gasteiger partial charge >= 0.3 is 5.97 Å². The van der Waals surface area contributed by atoms with Crippen LogP contribution in [0.5, 0.6) is 0 Å². The highest BCUT2D eigenvalue weighted by molar-refractivity contribution is 5.82. The maximum Gasteiger partial charge on any atom is 0.332 e. The van der Waals surface area contributed by atoms with Crippen molar-refractivity contribution in [2.45, 2.75) is 6.92 Å². The summed E-state index contributed by atoms with van der Waals surface area (Å²) in [5.74, 6) is 0.211. The van der Waals surface area contributed by atoms with E-state index < -0.39 is 0 Å². The molecule has 0 aliphatic rings. The van der Waals surface area contributed by atoms with Crippen molar-refractivity contribution in [2.75, 3.05) is 11.9 Å². The SMILES string of the molecule is CCOC(=O)/C=C/Nc1ccc(-c2nc3ccccc3o2)cc1. The molecule has 23 heavy (non-hydrogen) atoms. The van der Waals surface area contributed by atoms with E-state index in [-0.39, 0.29) is 5.97 Å². The van der Waals surface area contributed by atoms with Crippen LogP contribution in [0.2, 0.25) is 0 Å². The Labute approximate surface area is 133 Å². The Morgan fingerprint density at radius 1 is 1.22 bits per heavy atom. The van der Waals surface area contributed by atoms with E-state index in [0.717, 1.165) is 22.4 Å². The number of carbonyl (C=O) groups excluding carboxylic acids is 1. The Morgan fingerprint density at radius 3 is 2.74 bits per heavy atom. The fraction of sp³-hybridized carbons (Fsp3) is 0.111. The Bertz CT molecular complexity index is 802. The molecule has 5 heteroatoms. The molecule has 0 spiro atoms. The largest absolute Gasteiger partial charge is 0.463 e. The molecule has 0 unspecified atom stereocenters. The third-order valence-electron chi connectivity index (χ3n) is 3.18. The zero-order valence-corrected chi connectivity index (χ0v) is 12.7. The average Bonchev–Trinajstić information content (AvgIpc) is 3.00. The van der Waals surface area contributed by atoms with Crippen molar-refractivity contribution >= 4 is 22.8 Å². The molecule has 0 saturated carbocycles. The first-order valence-corrected chi connectivity index (χ1v) is 7.32. The van der Waals surface area contributed by atoms with Crippen LogP contribution in [0, 0.1) is 0 Å². The molecule has 0 aliphatic heterocycles. The van der Waals surface area contributed by atoms with Crippen LogP contribution in [0.15, 0.2) is 65.2 Å². The Morgan fingerprint density at radius 2 is 2.00 bits per heavy atom. The van der Waals surface area contributed by atoms with Crippen LogP contribution in [0.1, 0.15) is 6.92 Å². The van der Waals surface area contributed by atoms with Crippen LogP contribution in [-0.2, 0) is 9.53 Å². The lowest BCUT2D eigenvalue weighted by molar-refractivity contribution is -0.137. The number of hydrogen-bond acceptors (Lipinski definition) is 5. The molecule has 0 bridgehead atoms. The summed E-state index contributed by atoms with van der Waals surface area (Å²) < 4.78 is 10.5. The molecule has 0 saturated heterocycles. The molecular weight excluding hydrogens is 292 g/mol. The fourth-order valence-electron chi connectivity index (χ4n) is 2.10. The Hall–Kier alpha value is -3.08. The summed E-state index contributed by atoms with van der Waals surface area (Å²) >= 11 is 0. The van der Waals surface area contributed by atoms with E-state index in [0.29, 0.717) is 12.5 Å². The van der Waals surface area contributed by atoms with E-state index >= 15 is 0 Å². The van der Waals surface area contributed by atoms with Gasteiger partial charge in [-0.1, -0.05) is 12.1 Å². The molecule has 0 radical (unpaired) electrons. The second-order valence-electron chi connectivity index (χ2n) is 4.79. The van der Waals surface area contributed by atoms with Gasteiger partial charge in [-0.3, -0.25) is 0 Å². The van der Waals surface area contributed by atoms with Gasteiger partial charge in [-0.15, -0.1) is 0 Å². The molecule has 1 aromatic heterocycles. The van der Waals surface area contributed by atoms with Crippen molar-refractivity contribution in [2.24, 2.45) is 0 Å². The fourth-order valence-corrected chi connectivity index (χ4v) is 2.10. The van der Waals surface area contributed by atoms with Gasteiger partial charge in [0, 0.05) is 23.5 Å². The third-order valence-corrected chi connectivity index (χ3v) is 3.18. The number of esters is 1. The number of ether oxygens (including phenoxy) is 1. The van der Waals surface area contributed by atoms with E-state index in [2.05, 4.69) is 10.3 Å². The summed E-state index contributed by atoms with van der Waals surface area (Å²) in [6.45, 7) is 2.13. The van der Waals surface area contributed by atoms with Crippen LogP contribution in [0.4, 0.5) is 5.69 Å². The van der Waals surface area contributed by atoms with E-state index in [9.17, 15) is 4.79 Å². The number of oxazole rings is 1. The molecule has 0 atom stereocenters. The number of hydrogen-bond donors (Lipinski definition) is 1. The number of anilines is 1. The quantitative estimate of drug-likeness (QED) is 0.570. The number of rotatable bonds is 5. The molecule has 2 aromatic carbocycles. The Kier molecular flexibility index (Phi) is 4.38. The monoisotopic (exact) mass is 308 g/mol. The lowest BCUT2D eigenvalue weighted by atomic mass is 10.2. The van der Waals surface area contributed by atoms with E-state index in [1.165, 1.54) is 6.08 Å². The highest BCUT2D eigenvalue weighted by atomic mass is 16.5. The predicted molar refractivity (Wildman–Crippen MR) is 88.8 cm³/mol. The zero-order chi connectivity index (χ0) is 16.1. The number of carbonyl (C=O) groups is 1. The lowest BCUT2D eigenvalue weighted by Gasteiger charge is -2.01. The maximum absolute atomic E-state index is 11.2. The number of aromatic nitrogens is 1. The third kappa shape index (κ3) is 3.58. The molecule has 3 aromatic rings. The Balaban J connectivity index is 1.70. The van der Waals surface area contributed by atoms with Crippen molar-refractivity contribution in [3.63, 3.8) is 0 Å². The highest BCUT2D eigenvalue weighted by Gasteiger charge is 2.07. The van der Waals surface area contributed by atoms with Gasteiger partial charge in [0.25, 0.3) is 0 Å². The molecule has 0 aliphatic carbocycles. The van der Waals surface area contributed by atoms with E-state index in [1.54, 1.807) is 13.1 Å². The lowest BCUT2D eigenvalue weighted by Crippen LogP contribution is -2.00. The van der Waals surface area contributed by atoms with Crippen LogP contribution >= 0.6 is 0 Å². The topological polar surface area (TPSA) is 64.4 Å². The minimum absolute atomic E-state index is 0.363. The first-order valence-electron chi connectivity index (χ1n) is 7.32. The summed E-state index contributed by atoms with van der Waals surface area (Å²) in [7, 11) is 0. The number of nitrogens with zero attached hydrogens (tertiary/aromatic N) is 1. The van der Waals surface area contributed by atoms with Crippen LogP contribution in [-0.4, -0.2) is 17.6 Å². The van der Waals surface area contributed by atoms with Gasteiger partial charge in [-0.05, 0) is 43.3 Å². The van der Waals surface area contributed by atoms with Gasteiger partial charge in [0.05, 0.1) is 6.61 Å². The number of fused-ring (bicyclic) bond motifs is 1. The minimum Gasteiger partial charge on any atom is -0.463 e. The predicted octanol–water partition coefficient (Wildman–Crippen LogP) is 3.98. The van der Waals surface area contributed by atoms with Gasteiger partial charge in [0.2, 0.25) is 5.89 Å².